The Labute approximate surface area is 140 Å². The van der Waals surface area contributed by atoms with Crippen LogP contribution in [0.1, 0.15) is 25.3 Å². The van der Waals surface area contributed by atoms with Gasteiger partial charge >= 0.3 is 0 Å². The molecule has 2 aromatic carbocycles. The fourth-order valence-corrected chi connectivity index (χ4v) is 4.33. The van der Waals surface area contributed by atoms with Gasteiger partial charge in [-0.05, 0) is 35.6 Å². The number of thiophene rings is 1. The van der Waals surface area contributed by atoms with Crippen LogP contribution in [-0.4, -0.2) is 9.55 Å². The van der Waals surface area contributed by atoms with Gasteiger partial charge in [-0.1, -0.05) is 38.1 Å². The molecule has 2 atom stereocenters. The van der Waals surface area contributed by atoms with Crippen LogP contribution in [0.15, 0.2) is 61.2 Å². The summed E-state index contributed by atoms with van der Waals surface area (Å²) in [6.45, 7) is 5.65. The van der Waals surface area contributed by atoms with E-state index in [0.717, 1.165) is 6.54 Å². The summed E-state index contributed by atoms with van der Waals surface area (Å²) in [5.74, 6) is 1.08. The van der Waals surface area contributed by atoms with E-state index in [-0.39, 0.29) is 0 Å². The fraction of sp³-hybridized carbons (Fsp3) is 0.250. The zero-order valence-electron chi connectivity index (χ0n) is 13.4. The first-order valence-electron chi connectivity index (χ1n) is 8.09. The van der Waals surface area contributed by atoms with Crippen molar-refractivity contribution in [3.63, 3.8) is 0 Å². The lowest BCUT2D eigenvalue weighted by Gasteiger charge is -2.21. The van der Waals surface area contributed by atoms with Crippen molar-refractivity contribution < 1.29 is 0 Å². The van der Waals surface area contributed by atoms with E-state index in [2.05, 4.69) is 65.9 Å². The number of hydrogen-bond acceptors (Lipinski definition) is 2. The first-order valence-corrected chi connectivity index (χ1v) is 8.91. The molecule has 0 radical (unpaired) electrons. The molecule has 0 spiro atoms. The van der Waals surface area contributed by atoms with Crippen LogP contribution >= 0.6 is 11.3 Å². The highest BCUT2D eigenvalue weighted by Crippen LogP contribution is 2.36. The molecule has 0 N–H and O–H groups in total. The molecule has 0 aliphatic carbocycles. The minimum atomic E-state index is 0.514. The van der Waals surface area contributed by atoms with Crippen molar-refractivity contribution in [3.8, 4) is 0 Å². The van der Waals surface area contributed by atoms with Crippen LogP contribution < -0.4 is 0 Å². The van der Waals surface area contributed by atoms with E-state index in [1.165, 1.54) is 25.7 Å². The van der Waals surface area contributed by atoms with Crippen LogP contribution in [-0.2, 0) is 6.54 Å². The van der Waals surface area contributed by atoms with Gasteiger partial charge in [0.15, 0.2) is 0 Å². The standard InChI is InChI=1S/C20H20N2S/c1-14(12-22-10-9-21-13-22)15(2)16-7-8-20-18(11-16)17-5-3-4-6-19(17)23-20/h3-11,13-15H,12H2,1-2H3. The lowest BCUT2D eigenvalue weighted by Crippen LogP contribution is -2.13. The van der Waals surface area contributed by atoms with Crippen molar-refractivity contribution in [1.29, 1.82) is 0 Å². The lowest BCUT2D eigenvalue weighted by molar-refractivity contribution is 0.417. The number of hydrogen-bond donors (Lipinski definition) is 0. The average Bonchev–Trinajstić information content (AvgIpc) is 3.20. The quantitative estimate of drug-likeness (QED) is 0.472. The molecule has 2 unspecified atom stereocenters. The van der Waals surface area contributed by atoms with Gasteiger partial charge in [0, 0.05) is 39.1 Å². The van der Waals surface area contributed by atoms with Crippen molar-refractivity contribution in [1.82, 2.24) is 9.55 Å². The molecule has 0 saturated carbocycles. The normalized spacial score (nSPS) is 14.3. The summed E-state index contributed by atoms with van der Waals surface area (Å²) in [6, 6.07) is 15.7. The molecule has 2 aromatic heterocycles. The van der Waals surface area contributed by atoms with Gasteiger partial charge in [-0.3, -0.25) is 0 Å². The molecule has 0 fully saturated rings. The second-order valence-electron chi connectivity index (χ2n) is 6.38. The van der Waals surface area contributed by atoms with Gasteiger partial charge in [0.05, 0.1) is 6.33 Å². The highest BCUT2D eigenvalue weighted by molar-refractivity contribution is 7.25. The monoisotopic (exact) mass is 320 g/mol. The third kappa shape index (κ3) is 2.66. The highest BCUT2D eigenvalue weighted by atomic mass is 32.1. The third-order valence-corrected chi connectivity index (χ3v) is 5.99. The summed E-state index contributed by atoms with van der Waals surface area (Å²) in [7, 11) is 0. The summed E-state index contributed by atoms with van der Waals surface area (Å²) < 4.78 is 4.92. The van der Waals surface area contributed by atoms with E-state index in [1.807, 2.05) is 30.1 Å². The van der Waals surface area contributed by atoms with Gasteiger partial charge in [0.2, 0.25) is 0 Å². The molecule has 4 rings (SSSR count). The number of rotatable bonds is 4. The fourth-order valence-electron chi connectivity index (χ4n) is 3.24. The maximum atomic E-state index is 4.14. The topological polar surface area (TPSA) is 17.8 Å². The molecule has 116 valence electrons. The van der Waals surface area contributed by atoms with E-state index in [0.29, 0.717) is 11.8 Å². The number of fused-ring (bicyclic) bond motifs is 3. The van der Waals surface area contributed by atoms with Crippen LogP contribution in [0.3, 0.4) is 0 Å². The minimum absolute atomic E-state index is 0.514. The van der Waals surface area contributed by atoms with Crippen LogP contribution in [0.5, 0.6) is 0 Å². The second kappa shape index (κ2) is 5.82. The van der Waals surface area contributed by atoms with Crippen LogP contribution in [0.4, 0.5) is 0 Å². The zero-order valence-corrected chi connectivity index (χ0v) is 14.3. The van der Waals surface area contributed by atoms with E-state index < -0.39 is 0 Å². The van der Waals surface area contributed by atoms with Crippen molar-refractivity contribution in [2.45, 2.75) is 26.3 Å². The molecule has 0 bridgehead atoms. The van der Waals surface area contributed by atoms with Crippen molar-refractivity contribution in [2.24, 2.45) is 5.92 Å². The van der Waals surface area contributed by atoms with Crippen LogP contribution in [0.25, 0.3) is 20.2 Å². The average molecular weight is 320 g/mol. The van der Waals surface area contributed by atoms with Gasteiger partial charge in [0.25, 0.3) is 0 Å². The Kier molecular flexibility index (Phi) is 3.66. The zero-order chi connectivity index (χ0) is 15.8. The Morgan fingerprint density at radius 1 is 1.04 bits per heavy atom. The van der Waals surface area contributed by atoms with Gasteiger partial charge in [0.1, 0.15) is 0 Å². The summed E-state index contributed by atoms with van der Waals surface area (Å²) in [6.07, 6.45) is 5.79. The Morgan fingerprint density at radius 2 is 1.87 bits per heavy atom. The lowest BCUT2D eigenvalue weighted by atomic mass is 9.88. The maximum Gasteiger partial charge on any atom is 0.0945 e. The molecule has 0 aliphatic heterocycles. The SMILES string of the molecule is CC(Cn1ccnc1)C(C)c1ccc2sc3ccccc3c2c1. The molecule has 4 aromatic rings. The molecule has 0 saturated heterocycles. The Balaban J connectivity index is 1.69. The molecule has 2 nitrogen and oxygen atoms in total. The number of benzene rings is 2. The molecule has 23 heavy (non-hydrogen) atoms. The van der Waals surface area contributed by atoms with E-state index in [9.17, 15) is 0 Å². The number of nitrogens with zero attached hydrogens (tertiary/aromatic N) is 2. The molecular weight excluding hydrogens is 300 g/mol. The van der Waals surface area contributed by atoms with Crippen molar-refractivity contribution in [3.05, 3.63) is 66.7 Å². The first-order chi connectivity index (χ1) is 11.2. The maximum absolute atomic E-state index is 4.14. The Hall–Kier alpha value is -2.13. The van der Waals surface area contributed by atoms with Crippen molar-refractivity contribution in [2.75, 3.05) is 0 Å². The predicted molar refractivity (Wildman–Crippen MR) is 99.1 cm³/mol. The molecule has 2 heterocycles. The number of imidazole rings is 1. The Bertz CT molecular complexity index is 937. The summed E-state index contributed by atoms with van der Waals surface area (Å²) in [5.41, 5.74) is 1.42. The molecule has 3 heteroatoms. The van der Waals surface area contributed by atoms with Gasteiger partial charge in [-0.15, -0.1) is 11.3 Å². The molecular formula is C20H20N2S. The van der Waals surface area contributed by atoms with Gasteiger partial charge in [-0.2, -0.15) is 0 Å². The highest BCUT2D eigenvalue weighted by Gasteiger charge is 2.16. The number of aromatic nitrogens is 2. The van der Waals surface area contributed by atoms with Crippen molar-refractivity contribution >= 4 is 31.5 Å². The van der Waals surface area contributed by atoms with Gasteiger partial charge in [-0.25, -0.2) is 4.98 Å². The largest absolute Gasteiger partial charge is 0.337 e. The van der Waals surface area contributed by atoms with Gasteiger partial charge < -0.3 is 4.57 Å². The van der Waals surface area contributed by atoms with E-state index in [1.54, 1.807) is 0 Å². The predicted octanol–water partition coefficient (Wildman–Crippen LogP) is 5.69. The summed E-state index contributed by atoms with van der Waals surface area (Å²) in [4.78, 5) is 4.14. The van der Waals surface area contributed by atoms with E-state index >= 15 is 0 Å². The second-order valence-corrected chi connectivity index (χ2v) is 7.46. The van der Waals surface area contributed by atoms with Crippen LogP contribution in [0, 0.1) is 5.92 Å². The third-order valence-electron chi connectivity index (χ3n) is 4.84. The first kappa shape index (κ1) is 14.5. The van der Waals surface area contributed by atoms with Crippen LogP contribution in [0.2, 0.25) is 0 Å². The molecule has 0 amide bonds. The Morgan fingerprint density at radius 3 is 2.70 bits per heavy atom. The van der Waals surface area contributed by atoms with E-state index in [4.69, 9.17) is 0 Å². The summed E-state index contributed by atoms with van der Waals surface area (Å²) >= 11 is 1.88. The smallest absolute Gasteiger partial charge is 0.0945 e. The minimum Gasteiger partial charge on any atom is -0.337 e. The molecule has 0 aliphatic rings. The summed E-state index contributed by atoms with van der Waals surface area (Å²) in [5, 5.41) is 2.77.